The minimum atomic E-state index is 0.167. The molecule has 0 radical (unpaired) electrons. The zero-order chi connectivity index (χ0) is 11.4. The minimum Gasteiger partial charge on any atom is -0.378 e. The molecule has 94 valence electrons. The second-order valence-electron chi connectivity index (χ2n) is 5.54. The van der Waals surface area contributed by atoms with Crippen LogP contribution in [0.4, 0.5) is 0 Å². The van der Waals surface area contributed by atoms with Gasteiger partial charge in [0.2, 0.25) is 0 Å². The third-order valence-electron chi connectivity index (χ3n) is 4.02. The van der Waals surface area contributed by atoms with Crippen LogP contribution in [-0.2, 0) is 4.74 Å². The van der Waals surface area contributed by atoms with Crippen LogP contribution in [0.15, 0.2) is 0 Å². The molecule has 1 saturated heterocycles. The molecule has 16 heavy (non-hydrogen) atoms. The highest BCUT2D eigenvalue weighted by Gasteiger charge is 2.36. The van der Waals surface area contributed by atoms with Gasteiger partial charge in [-0.3, -0.25) is 0 Å². The molecular weight excluding hydrogens is 200 g/mol. The summed E-state index contributed by atoms with van der Waals surface area (Å²) in [5.74, 6) is 0.927. The van der Waals surface area contributed by atoms with Crippen LogP contribution in [0, 0.1) is 5.92 Å². The Morgan fingerprint density at radius 3 is 2.88 bits per heavy atom. The fourth-order valence-electron chi connectivity index (χ4n) is 2.63. The molecule has 1 aliphatic carbocycles. The molecule has 2 rings (SSSR count). The number of rotatable bonds is 6. The molecule has 3 N–H and O–H groups in total. The average molecular weight is 226 g/mol. The summed E-state index contributed by atoms with van der Waals surface area (Å²) in [5, 5.41) is 3.73. The summed E-state index contributed by atoms with van der Waals surface area (Å²) in [5.41, 5.74) is 6.15. The first-order chi connectivity index (χ1) is 7.78. The molecule has 0 amide bonds. The first kappa shape index (κ1) is 12.3. The Morgan fingerprint density at radius 2 is 2.25 bits per heavy atom. The van der Waals surface area contributed by atoms with Gasteiger partial charge in [0.1, 0.15) is 0 Å². The normalized spacial score (nSPS) is 35.2. The summed E-state index contributed by atoms with van der Waals surface area (Å²) in [6.07, 6.45) is 7.79. The van der Waals surface area contributed by atoms with Gasteiger partial charge in [-0.25, -0.2) is 0 Å². The van der Waals surface area contributed by atoms with Gasteiger partial charge in [-0.05, 0) is 44.6 Å². The van der Waals surface area contributed by atoms with E-state index in [0.29, 0.717) is 6.10 Å². The van der Waals surface area contributed by atoms with Crippen molar-refractivity contribution in [1.29, 1.82) is 0 Å². The second kappa shape index (κ2) is 5.48. The number of nitrogens with one attached hydrogen (secondary N) is 1. The average Bonchev–Trinajstić information content (AvgIpc) is 3.11. The van der Waals surface area contributed by atoms with Crippen molar-refractivity contribution in [2.75, 3.05) is 19.7 Å². The summed E-state index contributed by atoms with van der Waals surface area (Å²) < 4.78 is 5.80. The van der Waals surface area contributed by atoms with Crippen molar-refractivity contribution in [2.24, 2.45) is 11.7 Å². The van der Waals surface area contributed by atoms with Gasteiger partial charge in [-0.15, -0.1) is 0 Å². The molecule has 3 heteroatoms. The van der Waals surface area contributed by atoms with Gasteiger partial charge in [0, 0.05) is 18.7 Å². The van der Waals surface area contributed by atoms with Gasteiger partial charge in [-0.1, -0.05) is 13.3 Å². The zero-order valence-electron chi connectivity index (χ0n) is 10.5. The van der Waals surface area contributed by atoms with Crippen LogP contribution in [0.1, 0.15) is 45.4 Å². The lowest BCUT2D eigenvalue weighted by atomic mass is 9.85. The van der Waals surface area contributed by atoms with Crippen molar-refractivity contribution in [3.8, 4) is 0 Å². The van der Waals surface area contributed by atoms with E-state index in [9.17, 15) is 0 Å². The summed E-state index contributed by atoms with van der Waals surface area (Å²) in [6, 6.07) is 0. The molecule has 0 aromatic carbocycles. The van der Waals surface area contributed by atoms with Crippen LogP contribution in [0.2, 0.25) is 0 Å². The predicted molar refractivity (Wildman–Crippen MR) is 66.4 cm³/mol. The molecule has 0 spiro atoms. The molecule has 2 unspecified atom stereocenters. The van der Waals surface area contributed by atoms with Gasteiger partial charge >= 0.3 is 0 Å². The Balaban J connectivity index is 1.84. The van der Waals surface area contributed by atoms with Gasteiger partial charge in [0.05, 0.1) is 6.10 Å². The highest BCUT2D eigenvalue weighted by atomic mass is 16.5. The van der Waals surface area contributed by atoms with Crippen LogP contribution in [-0.4, -0.2) is 31.3 Å². The Hall–Kier alpha value is -0.120. The molecule has 0 aromatic rings. The third kappa shape index (κ3) is 3.19. The van der Waals surface area contributed by atoms with E-state index < -0.39 is 0 Å². The van der Waals surface area contributed by atoms with E-state index in [1.807, 2.05) is 0 Å². The van der Waals surface area contributed by atoms with Crippen molar-refractivity contribution in [3.63, 3.8) is 0 Å². The smallest absolute Gasteiger partial charge is 0.0593 e. The number of nitrogens with two attached hydrogens (primary N) is 1. The topological polar surface area (TPSA) is 47.3 Å². The fourth-order valence-corrected chi connectivity index (χ4v) is 2.63. The van der Waals surface area contributed by atoms with Crippen molar-refractivity contribution < 1.29 is 4.74 Å². The van der Waals surface area contributed by atoms with Gasteiger partial charge < -0.3 is 15.8 Å². The van der Waals surface area contributed by atoms with Crippen LogP contribution < -0.4 is 11.1 Å². The van der Waals surface area contributed by atoms with E-state index in [1.54, 1.807) is 0 Å². The van der Waals surface area contributed by atoms with Crippen LogP contribution in [0.25, 0.3) is 0 Å². The molecule has 2 atom stereocenters. The van der Waals surface area contributed by atoms with E-state index in [-0.39, 0.29) is 5.54 Å². The van der Waals surface area contributed by atoms with Gasteiger partial charge in [0.15, 0.2) is 0 Å². The lowest BCUT2D eigenvalue weighted by molar-refractivity contribution is -0.0308. The summed E-state index contributed by atoms with van der Waals surface area (Å²) in [7, 11) is 0. The minimum absolute atomic E-state index is 0.167. The van der Waals surface area contributed by atoms with Crippen molar-refractivity contribution in [2.45, 2.75) is 57.1 Å². The van der Waals surface area contributed by atoms with E-state index in [0.717, 1.165) is 38.5 Å². The summed E-state index contributed by atoms with van der Waals surface area (Å²) >= 11 is 0. The van der Waals surface area contributed by atoms with Gasteiger partial charge in [0.25, 0.3) is 0 Å². The molecule has 1 saturated carbocycles. The van der Waals surface area contributed by atoms with E-state index >= 15 is 0 Å². The van der Waals surface area contributed by atoms with E-state index in [1.165, 1.54) is 25.7 Å². The molecule has 2 fully saturated rings. The predicted octanol–water partition coefficient (Wildman–Crippen LogP) is 1.66. The van der Waals surface area contributed by atoms with Crippen molar-refractivity contribution in [1.82, 2.24) is 5.32 Å². The first-order valence-corrected chi connectivity index (χ1v) is 6.85. The monoisotopic (exact) mass is 226 g/mol. The zero-order valence-corrected chi connectivity index (χ0v) is 10.5. The molecule has 3 nitrogen and oxygen atoms in total. The maximum Gasteiger partial charge on any atom is 0.0593 e. The maximum atomic E-state index is 5.99. The number of ether oxygens (including phenoxy) is 1. The lowest BCUT2D eigenvalue weighted by Gasteiger charge is -2.41. The highest BCUT2D eigenvalue weighted by Crippen LogP contribution is 2.31. The fraction of sp³-hybridized carbons (Fsp3) is 1.00. The SMILES string of the molecule is CCCC1CC(CN)(NCC2CC2)CCO1. The van der Waals surface area contributed by atoms with E-state index in [4.69, 9.17) is 10.5 Å². The van der Waals surface area contributed by atoms with Crippen LogP contribution in [0.5, 0.6) is 0 Å². The number of hydrogen-bond acceptors (Lipinski definition) is 3. The maximum absolute atomic E-state index is 5.99. The molecule has 0 aromatic heterocycles. The lowest BCUT2D eigenvalue weighted by Crippen LogP contribution is -2.57. The van der Waals surface area contributed by atoms with Crippen molar-refractivity contribution in [3.05, 3.63) is 0 Å². The third-order valence-corrected chi connectivity index (χ3v) is 4.02. The quantitative estimate of drug-likeness (QED) is 0.724. The standard InChI is InChI=1S/C13H26N2O/c1-2-3-12-8-13(10-14,6-7-16-12)15-9-11-4-5-11/h11-12,15H,2-10,14H2,1H3. The Morgan fingerprint density at radius 1 is 1.44 bits per heavy atom. The Labute approximate surface area is 99.1 Å². The number of hydrogen-bond donors (Lipinski definition) is 2. The van der Waals surface area contributed by atoms with E-state index in [2.05, 4.69) is 12.2 Å². The first-order valence-electron chi connectivity index (χ1n) is 6.85. The van der Waals surface area contributed by atoms with Crippen molar-refractivity contribution >= 4 is 0 Å². The molecule has 0 bridgehead atoms. The second-order valence-corrected chi connectivity index (χ2v) is 5.54. The Kier molecular flexibility index (Phi) is 4.22. The Bertz CT molecular complexity index is 216. The molecule has 2 aliphatic rings. The van der Waals surface area contributed by atoms with Gasteiger partial charge in [-0.2, -0.15) is 0 Å². The molecule has 1 heterocycles. The van der Waals surface area contributed by atoms with Crippen LogP contribution in [0.3, 0.4) is 0 Å². The highest BCUT2D eigenvalue weighted by molar-refractivity contribution is 4.95. The largest absolute Gasteiger partial charge is 0.378 e. The van der Waals surface area contributed by atoms with Crippen LogP contribution >= 0.6 is 0 Å². The summed E-state index contributed by atoms with van der Waals surface area (Å²) in [6.45, 7) is 5.01. The molecule has 1 aliphatic heterocycles. The molecular formula is C13H26N2O. The summed E-state index contributed by atoms with van der Waals surface area (Å²) in [4.78, 5) is 0.